The Bertz CT molecular complexity index is 1460. The third-order valence-electron chi connectivity index (χ3n) is 6.37. The summed E-state index contributed by atoms with van der Waals surface area (Å²) in [5.41, 5.74) is 3.00. The van der Waals surface area contributed by atoms with Crippen molar-refractivity contribution in [3.63, 3.8) is 0 Å². The quantitative estimate of drug-likeness (QED) is 0.286. The lowest BCUT2D eigenvalue weighted by Gasteiger charge is -2.31. The maximum absolute atomic E-state index is 13.7. The Labute approximate surface area is 217 Å². The minimum Gasteiger partial charge on any atom is -0.495 e. The molecule has 0 saturated carbocycles. The van der Waals surface area contributed by atoms with E-state index in [1.165, 1.54) is 4.90 Å². The van der Waals surface area contributed by atoms with Crippen LogP contribution < -0.4 is 9.64 Å². The molecule has 6 nitrogen and oxygen atoms in total. The Balaban J connectivity index is 1.51. The van der Waals surface area contributed by atoms with Gasteiger partial charge in [-0.25, -0.2) is 0 Å². The van der Waals surface area contributed by atoms with Crippen molar-refractivity contribution < 1.29 is 19.1 Å². The molecule has 5 rings (SSSR count). The number of halogens is 1. The molecule has 4 aromatic carbocycles. The molecule has 0 atom stereocenters. The number of benzene rings is 4. The van der Waals surface area contributed by atoms with Gasteiger partial charge in [0.2, 0.25) is 0 Å². The summed E-state index contributed by atoms with van der Waals surface area (Å²) in [6.45, 7) is 2.07. The fourth-order valence-corrected chi connectivity index (χ4v) is 4.84. The van der Waals surface area contributed by atoms with Crippen molar-refractivity contribution in [1.29, 1.82) is 0 Å². The second kappa shape index (κ2) is 9.59. The number of hydrogen-bond donors (Lipinski definition) is 0. The zero-order valence-corrected chi connectivity index (χ0v) is 21.4. The highest BCUT2D eigenvalue weighted by atomic mass is 79.9. The highest BCUT2D eigenvalue weighted by Crippen LogP contribution is 2.32. The van der Waals surface area contributed by atoms with Crippen molar-refractivity contribution in [2.75, 3.05) is 25.1 Å². The Kier molecular flexibility index (Phi) is 6.33. The third kappa shape index (κ3) is 4.16. The van der Waals surface area contributed by atoms with Gasteiger partial charge in [-0.2, -0.15) is 0 Å². The molecule has 1 aliphatic rings. The van der Waals surface area contributed by atoms with Gasteiger partial charge in [-0.3, -0.25) is 19.3 Å². The van der Waals surface area contributed by atoms with Crippen LogP contribution in [0.2, 0.25) is 0 Å². The van der Waals surface area contributed by atoms with Crippen LogP contribution in [-0.4, -0.2) is 42.8 Å². The van der Waals surface area contributed by atoms with Crippen LogP contribution >= 0.6 is 15.9 Å². The maximum atomic E-state index is 13.7. The summed E-state index contributed by atoms with van der Waals surface area (Å²) in [6, 6.07) is 23.5. The Hall–Kier alpha value is -3.97. The molecule has 36 heavy (non-hydrogen) atoms. The summed E-state index contributed by atoms with van der Waals surface area (Å²) in [4.78, 5) is 43.2. The van der Waals surface area contributed by atoms with Gasteiger partial charge < -0.3 is 9.64 Å². The van der Waals surface area contributed by atoms with Crippen LogP contribution in [0.15, 0.2) is 83.3 Å². The van der Waals surface area contributed by atoms with Gasteiger partial charge in [-0.1, -0.05) is 46.3 Å². The molecule has 1 heterocycles. The number of methoxy groups -OCH3 is 1. The highest BCUT2D eigenvalue weighted by molar-refractivity contribution is 9.10. The minimum atomic E-state index is -0.365. The van der Waals surface area contributed by atoms with E-state index < -0.39 is 0 Å². The monoisotopic (exact) mass is 542 g/mol. The number of nitrogens with zero attached hydrogens (tertiary/aromatic N) is 2. The number of rotatable bonds is 6. The van der Waals surface area contributed by atoms with Gasteiger partial charge >= 0.3 is 0 Å². The molecule has 0 N–H and O–H groups in total. The van der Waals surface area contributed by atoms with E-state index in [4.69, 9.17) is 4.74 Å². The first-order chi connectivity index (χ1) is 17.4. The molecule has 0 aliphatic carbocycles. The molecule has 3 amide bonds. The van der Waals surface area contributed by atoms with Gasteiger partial charge in [-0.05, 0) is 66.4 Å². The van der Waals surface area contributed by atoms with Crippen molar-refractivity contribution in [2.24, 2.45) is 0 Å². The van der Waals surface area contributed by atoms with E-state index in [2.05, 4.69) is 15.9 Å². The SMILES string of the molecule is COc1cc(C)ccc1N(CCN1C(=O)c2cccc3cccc(c23)C1=O)C(=O)c1ccc(Br)cc1. The van der Waals surface area contributed by atoms with Gasteiger partial charge in [0.1, 0.15) is 5.75 Å². The number of hydrogen-bond acceptors (Lipinski definition) is 4. The summed E-state index contributed by atoms with van der Waals surface area (Å²) < 4.78 is 6.44. The number of anilines is 1. The second-order valence-electron chi connectivity index (χ2n) is 8.61. The van der Waals surface area contributed by atoms with E-state index in [1.54, 1.807) is 48.4 Å². The molecule has 0 radical (unpaired) electrons. The van der Waals surface area contributed by atoms with E-state index in [0.29, 0.717) is 33.5 Å². The Morgan fingerprint density at radius 2 is 1.56 bits per heavy atom. The molecular weight excluding hydrogens is 520 g/mol. The van der Waals surface area contributed by atoms with E-state index in [0.717, 1.165) is 15.4 Å². The predicted octanol–water partition coefficient (Wildman–Crippen LogP) is 5.86. The summed E-state index contributed by atoms with van der Waals surface area (Å²) in [5.74, 6) is -0.455. The van der Waals surface area contributed by atoms with Crippen molar-refractivity contribution >= 4 is 50.1 Å². The molecule has 0 bridgehead atoms. The topological polar surface area (TPSA) is 66.9 Å². The number of amides is 3. The lowest BCUT2D eigenvalue weighted by molar-refractivity contribution is 0.0611. The van der Waals surface area contributed by atoms with E-state index in [-0.39, 0.29) is 30.8 Å². The number of ether oxygens (including phenoxy) is 1. The van der Waals surface area contributed by atoms with Gasteiger partial charge in [0, 0.05) is 39.6 Å². The first kappa shape index (κ1) is 23.8. The lowest BCUT2D eigenvalue weighted by Crippen LogP contribution is -2.46. The zero-order valence-electron chi connectivity index (χ0n) is 19.8. The smallest absolute Gasteiger partial charge is 0.261 e. The molecule has 0 fully saturated rings. The van der Waals surface area contributed by atoms with Gasteiger partial charge in [0.25, 0.3) is 17.7 Å². The number of aryl methyl sites for hydroxylation is 1. The molecular formula is C29H23BrN2O4. The largest absolute Gasteiger partial charge is 0.495 e. The summed E-state index contributed by atoms with van der Waals surface area (Å²) in [7, 11) is 1.55. The average Bonchev–Trinajstić information content (AvgIpc) is 2.89. The first-order valence-electron chi connectivity index (χ1n) is 11.5. The highest BCUT2D eigenvalue weighted by Gasteiger charge is 2.33. The molecule has 0 unspecified atom stereocenters. The fourth-order valence-electron chi connectivity index (χ4n) is 4.57. The Morgan fingerprint density at radius 3 is 2.17 bits per heavy atom. The number of carbonyl (C=O) groups excluding carboxylic acids is 3. The van der Waals surface area contributed by atoms with Gasteiger partial charge in [-0.15, -0.1) is 0 Å². The summed E-state index contributed by atoms with van der Waals surface area (Å²) in [5, 5.41) is 1.53. The standard InChI is InChI=1S/C29H23BrN2O4/c1-18-9-14-24(25(17-18)36-2)31(27(33)20-10-12-21(30)13-11-20)15-16-32-28(34)22-7-3-5-19-6-4-8-23(26(19)22)29(32)35/h3-14,17H,15-16H2,1-2H3. The molecule has 180 valence electrons. The summed E-state index contributed by atoms with van der Waals surface area (Å²) in [6.07, 6.45) is 0. The average molecular weight is 543 g/mol. The van der Waals surface area contributed by atoms with E-state index in [1.807, 2.05) is 49.4 Å². The molecule has 0 aromatic heterocycles. The molecule has 1 aliphatic heterocycles. The van der Waals surface area contributed by atoms with Crippen molar-refractivity contribution in [2.45, 2.75) is 6.92 Å². The first-order valence-corrected chi connectivity index (χ1v) is 12.3. The zero-order chi connectivity index (χ0) is 25.4. The van der Waals surface area contributed by atoms with Crippen LogP contribution in [0.3, 0.4) is 0 Å². The molecule has 4 aromatic rings. The lowest BCUT2D eigenvalue weighted by atomic mass is 9.94. The van der Waals surface area contributed by atoms with Crippen LogP contribution in [0.5, 0.6) is 5.75 Å². The van der Waals surface area contributed by atoms with Crippen LogP contribution in [-0.2, 0) is 0 Å². The van der Waals surface area contributed by atoms with Crippen LogP contribution in [0.25, 0.3) is 10.8 Å². The van der Waals surface area contributed by atoms with Crippen LogP contribution in [0.4, 0.5) is 5.69 Å². The second-order valence-corrected chi connectivity index (χ2v) is 9.53. The van der Waals surface area contributed by atoms with Gasteiger partial charge in [0.15, 0.2) is 0 Å². The maximum Gasteiger partial charge on any atom is 0.261 e. The molecule has 7 heteroatoms. The van der Waals surface area contributed by atoms with E-state index in [9.17, 15) is 14.4 Å². The minimum absolute atomic E-state index is 0.0295. The Morgan fingerprint density at radius 1 is 0.917 bits per heavy atom. The van der Waals surface area contributed by atoms with Crippen LogP contribution in [0, 0.1) is 6.92 Å². The predicted molar refractivity (Wildman–Crippen MR) is 143 cm³/mol. The normalized spacial score (nSPS) is 12.7. The summed E-state index contributed by atoms with van der Waals surface area (Å²) >= 11 is 3.40. The van der Waals surface area contributed by atoms with Crippen molar-refractivity contribution in [1.82, 2.24) is 4.90 Å². The van der Waals surface area contributed by atoms with Crippen LogP contribution in [0.1, 0.15) is 36.6 Å². The van der Waals surface area contributed by atoms with Crippen molar-refractivity contribution in [3.05, 3.63) is 106 Å². The number of imide groups is 1. The van der Waals surface area contributed by atoms with Gasteiger partial charge in [0.05, 0.1) is 12.8 Å². The number of carbonyl (C=O) groups is 3. The molecule has 0 saturated heterocycles. The fraction of sp³-hybridized carbons (Fsp3) is 0.138. The van der Waals surface area contributed by atoms with E-state index >= 15 is 0 Å². The van der Waals surface area contributed by atoms with Crippen molar-refractivity contribution in [3.8, 4) is 5.75 Å². The third-order valence-corrected chi connectivity index (χ3v) is 6.89. The molecule has 0 spiro atoms.